The van der Waals surface area contributed by atoms with E-state index in [0.717, 1.165) is 37.0 Å². The van der Waals surface area contributed by atoms with Crippen molar-refractivity contribution in [1.29, 1.82) is 0 Å². The molecule has 0 atom stereocenters. The number of para-hydroxylation sites is 1. The molecule has 2 rings (SSSR count). The Morgan fingerprint density at radius 1 is 1.30 bits per heavy atom. The van der Waals surface area contributed by atoms with E-state index in [9.17, 15) is 0 Å². The Bertz CT molecular complexity index is 637. The molecule has 7 heteroatoms. The van der Waals surface area contributed by atoms with Crippen molar-refractivity contribution >= 4 is 5.96 Å². The highest BCUT2D eigenvalue weighted by Crippen LogP contribution is 2.17. The Kier molecular flexibility index (Phi) is 6.40. The van der Waals surface area contributed by atoms with E-state index in [1.54, 1.807) is 20.5 Å². The lowest BCUT2D eigenvalue weighted by molar-refractivity contribution is 0.409. The van der Waals surface area contributed by atoms with Crippen molar-refractivity contribution < 1.29 is 4.74 Å². The van der Waals surface area contributed by atoms with Gasteiger partial charge in [-0.25, -0.2) is 0 Å². The number of hydrogen-bond acceptors (Lipinski definition) is 4. The van der Waals surface area contributed by atoms with Gasteiger partial charge in [-0.05, 0) is 25.0 Å². The van der Waals surface area contributed by atoms with Crippen molar-refractivity contribution in [2.75, 3.05) is 20.7 Å². The molecule has 0 radical (unpaired) electrons. The lowest BCUT2D eigenvalue weighted by Crippen LogP contribution is -2.38. The Hall–Kier alpha value is -2.57. The summed E-state index contributed by atoms with van der Waals surface area (Å²) in [6.45, 7) is 4.26. The number of aryl methyl sites for hydroxylation is 1. The molecule has 1 heterocycles. The van der Waals surface area contributed by atoms with Crippen LogP contribution in [0.2, 0.25) is 0 Å². The first-order valence-corrected chi connectivity index (χ1v) is 7.71. The molecule has 0 aliphatic carbocycles. The second-order valence-electron chi connectivity index (χ2n) is 4.95. The smallest absolute Gasteiger partial charge is 0.191 e. The van der Waals surface area contributed by atoms with E-state index in [1.807, 2.05) is 22.8 Å². The van der Waals surface area contributed by atoms with E-state index in [-0.39, 0.29) is 0 Å². The van der Waals surface area contributed by atoms with Crippen LogP contribution in [0, 0.1) is 0 Å². The van der Waals surface area contributed by atoms with Crippen molar-refractivity contribution in [3.8, 4) is 5.75 Å². The van der Waals surface area contributed by atoms with Gasteiger partial charge in [0.15, 0.2) is 11.8 Å². The van der Waals surface area contributed by atoms with Crippen LogP contribution in [0.4, 0.5) is 0 Å². The molecule has 1 aromatic heterocycles. The van der Waals surface area contributed by atoms with Crippen LogP contribution in [-0.4, -0.2) is 41.4 Å². The van der Waals surface area contributed by atoms with Crippen LogP contribution in [0.25, 0.3) is 0 Å². The summed E-state index contributed by atoms with van der Waals surface area (Å²) in [5, 5.41) is 14.6. The molecule has 2 N–H and O–H groups in total. The average molecular weight is 316 g/mol. The van der Waals surface area contributed by atoms with Crippen molar-refractivity contribution in [3.05, 3.63) is 42.0 Å². The van der Waals surface area contributed by atoms with E-state index in [2.05, 4.69) is 38.8 Å². The average Bonchev–Trinajstić information content (AvgIpc) is 3.05. The van der Waals surface area contributed by atoms with Gasteiger partial charge in [-0.15, -0.1) is 10.2 Å². The van der Waals surface area contributed by atoms with Crippen molar-refractivity contribution in [2.24, 2.45) is 4.99 Å². The number of rotatable bonds is 7. The fraction of sp³-hybridized carbons (Fsp3) is 0.438. The van der Waals surface area contributed by atoms with Gasteiger partial charge < -0.3 is 19.9 Å². The number of nitrogens with one attached hydrogen (secondary N) is 2. The zero-order valence-corrected chi connectivity index (χ0v) is 13.9. The maximum atomic E-state index is 5.36. The molecule has 124 valence electrons. The SMILES string of the molecule is CCn1cnnc1CNC(=NC)NCCc1ccccc1OC. The zero-order valence-electron chi connectivity index (χ0n) is 13.9. The van der Waals surface area contributed by atoms with E-state index < -0.39 is 0 Å². The molecule has 0 saturated carbocycles. The molecule has 0 amide bonds. The van der Waals surface area contributed by atoms with Crippen LogP contribution in [0.5, 0.6) is 5.75 Å². The van der Waals surface area contributed by atoms with E-state index in [0.29, 0.717) is 6.54 Å². The summed E-state index contributed by atoms with van der Waals surface area (Å²) in [6, 6.07) is 8.03. The minimum absolute atomic E-state index is 0.585. The Morgan fingerprint density at radius 3 is 2.87 bits per heavy atom. The molecular formula is C16H24N6O. The van der Waals surface area contributed by atoms with Crippen LogP contribution in [0.15, 0.2) is 35.6 Å². The largest absolute Gasteiger partial charge is 0.496 e. The van der Waals surface area contributed by atoms with Gasteiger partial charge in [0, 0.05) is 20.1 Å². The third kappa shape index (κ3) is 4.70. The first kappa shape index (κ1) is 16.8. The minimum atomic E-state index is 0.585. The Labute approximate surface area is 136 Å². The Balaban J connectivity index is 1.81. The number of ether oxygens (including phenoxy) is 1. The van der Waals surface area contributed by atoms with Crippen LogP contribution >= 0.6 is 0 Å². The molecule has 0 fully saturated rings. The summed E-state index contributed by atoms with van der Waals surface area (Å²) >= 11 is 0. The second-order valence-corrected chi connectivity index (χ2v) is 4.95. The normalized spacial score (nSPS) is 11.3. The number of methoxy groups -OCH3 is 1. The highest BCUT2D eigenvalue weighted by Gasteiger charge is 2.05. The summed E-state index contributed by atoms with van der Waals surface area (Å²) in [6.07, 6.45) is 2.59. The molecule has 0 aliphatic heterocycles. The van der Waals surface area contributed by atoms with Gasteiger partial charge in [0.2, 0.25) is 0 Å². The second kappa shape index (κ2) is 8.77. The lowest BCUT2D eigenvalue weighted by atomic mass is 10.1. The van der Waals surface area contributed by atoms with E-state index in [4.69, 9.17) is 4.74 Å². The van der Waals surface area contributed by atoms with Gasteiger partial charge in [-0.3, -0.25) is 4.99 Å². The van der Waals surface area contributed by atoms with Crippen LogP contribution in [-0.2, 0) is 19.5 Å². The number of hydrogen-bond donors (Lipinski definition) is 2. The predicted octanol–water partition coefficient (Wildman–Crippen LogP) is 1.21. The highest BCUT2D eigenvalue weighted by atomic mass is 16.5. The third-order valence-electron chi connectivity index (χ3n) is 3.55. The van der Waals surface area contributed by atoms with Crippen LogP contribution < -0.4 is 15.4 Å². The number of guanidine groups is 1. The quantitative estimate of drug-likeness (QED) is 0.593. The molecule has 0 aliphatic rings. The van der Waals surface area contributed by atoms with Crippen molar-refractivity contribution in [2.45, 2.75) is 26.4 Å². The van der Waals surface area contributed by atoms with Gasteiger partial charge >= 0.3 is 0 Å². The summed E-state index contributed by atoms with van der Waals surface area (Å²) in [4.78, 5) is 4.22. The summed E-state index contributed by atoms with van der Waals surface area (Å²) < 4.78 is 7.35. The number of nitrogens with zero attached hydrogens (tertiary/aromatic N) is 4. The zero-order chi connectivity index (χ0) is 16.5. The fourth-order valence-electron chi connectivity index (χ4n) is 2.29. The van der Waals surface area contributed by atoms with Crippen molar-refractivity contribution in [1.82, 2.24) is 25.4 Å². The third-order valence-corrected chi connectivity index (χ3v) is 3.55. The summed E-state index contributed by atoms with van der Waals surface area (Å²) in [5.74, 6) is 2.54. The molecular weight excluding hydrogens is 292 g/mol. The van der Waals surface area contributed by atoms with Crippen molar-refractivity contribution in [3.63, 3.8) is 0 Å². The highest BCUT2D eigenvalue weighted by molar-refractivity contribution is 5.79. The molecule has 2 aromatic rings. The monoisotopic (exact) mass is 316 g/mol. The fourth-order valence-corrected chi connectivity index (χ4v) is 2.29. The molecule has 0 bridgehead atoms. The topological polar surface area (TPSA) is 76.4 Å². The number of aliphatic imine (C=N–C) groups is 1. The Morgan fingerprint density at radius 2 is 2.13 bits per heavy atom. The lowest BCUT2D eigenvalue weighted by Gasteiger charge is -2.13. The molecule has 0 saturated heterocycles. The molecule has 23 heavy (non-hydrogen) atoms. The minimum Gasteiger partial charge on any atom is -0.496 e. The predicted molar refractivity (Wildman–Crippen MR) is 90.6 cm³/mol. The van der Waals surface area contributed by atoms with E-state index in [1.165, 1.54) is 5.56 Å². The summed E-state index contributed by atoms with van der Waals surface area (Å²) in [7, 11) is 3.44. The van der Waals surface area contributed by atoms with Crippen LogP contribution in [0.1, 0.15) is 18.3 Å². The standard InChI is InChI=1S/C16H24N6O/c1-4-22-12-20-21-15(22)11-19-16(17-2)18-10-9-13-7-5-6-8-14(13)23-3/h5-8,12H,4,9-11H2,1-3H3,(H2,17,18,19). The summed E-state index contributed by atoms with van der Waals surface area (Å²) in [5.41, 5.74) is 1.17. The first-order chi connectivity index (χ1) is 11.3. The maximum Gasteiger partial charge on any atom is 0.191 e. The molecule has 0 unspecified atom stereocenters. The van der Waals surface area contributed by atoms with Gasteiger partial charge in [0.25, 0.3) is 0 Å². The number of aromatic nitrogens is 3. The number of benzene rings is 1. The van der Waals surface area contributed by atoms with Gasteiger partial charge in [-0.2, -0.15) is 0 Å². The van der Waals surface area contributed by atoms with Gasteiger partial charge in [-0.1, -0.05) is 18.2 Å². The van der Waals surface area contributed by atoms with Crippen LogP contribution in [0.3, 0.4) is 0 Å². The molecule has 7 nitrogen and oxygen atoms in total. The first-order valence-electron chi connectivity index (χ1n) is 7.71. The van der Waals surface area contributed by atoms with Gasteiger partial charge in [0.1, 0.15) is 12.1 Å². The molecule has 0 spiro atoms. The van der Waals surface area contributed by atoms with Gasteiger partial charge in [0.05, 0.1) is 13.7 Å². The van der Waals surface area contributed by atoms with E-state index >= 15 is 0 Å². The molecule has 1 aromatic carbocycles. The maximum absolute atomic E-state index is 5.36.